The Labute approximate surface area is 195 Å². The lowest BCUT2D eigenvalue weighted by atomic mass is 9.63. The van der Waals surface area contributed by atoms with Gasteiger partial charge in [-0.15, -0.1) is 0 Å². The smallest absolute Gasteiger partial charge is 0.137 e. The Kier molecular flexibility index (Phi) is 6.25. The highest BCUT2D eigenvalue weighted by atomic mass is 79.9. The predicted octanol–water partition coefficient (Wildman–Crippen LogP) is 1.62. The minimum Gasteiger partial charge on any atom is -1.00 e. The number of fused-ring (bicyclic) bond motifs is 2. The van der Waals surface area contributed by atoms with Crippen molar-refractivity contribution in [1.29, 1.82) is 0 Å². The van der Waals surface area contributed by atoms with Gasteiger partial charge in [-0.25, -0.2) is 0 Å². The Morgan fingerprint density at radius 3 is 1.77 bits per heavy atom. The van der Waals surface area contributed by atoms with Crippen molar-refractivity contribution in [3.05, 3.63) is 102 Å². The number of hydrogen-bond donors (Lipinski definition) is 1. The molecule has 2 aliphatic rings. The van der Waals surface area contributed by atoms with Crippen LogP contribution >= 0.6 is 0 Å². The molecule has 0 aromatic heterocycles. The number of benzene rings is 3. The Bertz CT molecular complexity index is 930. The van der Waals surface area contributed by atoms with Crippen LogP contribution in [0.2, 0.25) is 0 Å². The van der Waals surface area contributed by atoms with E-state index in [1.807, 2.05) is 66.7 Å². The third-order valence-corrected chi connectivity index (χ3v) is 7.50. The number of quaternary nitrogens is 1. The van der Waals surface area contributed by atoms with Crippen LogP contribution in [-0.2, 0) is 5.60 Å². The maximum Gasteiger partial charge on any atom is 0.137 e. The summed E-state index contributed by atoms with van der Waals surface area (Å²) in [6, 6.07) is 30.6. The van der Waals surface area contributed by atoms with Crippen molar-refractivity contribution in [1.82, 2.24) is 0 Å². The summed E-state index contributed by atoms with van der Waals surface area (Å²) in [5.74, 6) is 0.936. The first-order valence-electron chi connectivity index (χ1n) is 11.0. The summed E-state index contributed by atoms with van der Waals surface area (Å²) >= 11 is 0. The Hall–Kier alpha value is -2.14. The van der Waals surface area contributed by atoms with Gasteiger partial charge in [0.1, 0.15) is 24.5 Å². The quantitative estimate of drug-likeness (QED) is 0.521. The van der Waals surface area contributed by atoms with Crippen LogP contribution in [0.25, 0.3) is 0 Å². The molecule has 3 nitrogen and oxygen atoms in total. The van der Waals surface area contributed by atoms with Crippen molar-refractivity contribution in [2.24, 2.45) is 5.41 Å². The summed E-state index contributed by atoms with van der Waals surface area (Å²) in [6.07, 6.45) is 2.08. The fourth-order valence-electron chi connectivity index (χ4n) is 5.89. The van der Waals surface area contributed by atoms with Gasteiger partial charge >= 0.3 is 0 Å². The lowest BCUT2D eigenvalue weighted by molar-refractivity contribution is -0.909. The Morgan fingerprint density at radius 1 is 0.774 bits per heavy atom. The molecule has 0 spiro atoms. The summed E-state index contributed by atoms with van der Waals surface area (Å²) in [7, 11) is 0. The van der Waals surface area contributed by atoms with Gasteiger partial charge in [0.25, 0.3) is 0 Å². The third-order valence-electron chi connectivity index (χ3n) is 7.50. The van der Waals surface area contributed by atoms with Crippen LogP contribution in [0.5, 0.6) is 5.75 Å². The monoisotopic (exact) mass is 479 g/mol. The fourth-order valence-corrected chi connectivity index (χ4v) is 5.89. The van der Waals surface area contributed by atoms with Gasteiger partial charge in [0.15, 0.2) is 0 Å². The van der Waals surface area contributed by atoms with E-state index in [1.165, 1.54) is 0 Å². The van der Waals surface area contributed by atoms with Crippen LogP contribution in [0.3, 0.4) is 0 Å². The van der Waals surface area contributed by atoms with Gasteiger partial charge in [-0.2, -0.15) is 0 Å². The zero-order valence-electron chi connectivity index (χ0n) is 17.8. The van der Waals surface area contributed by atoms with Crippen LogP contribution in [0, 0.1) is 5.41 Å². The van der Waals surface area contributed by atoms with Crippen molar-refractivity contribution in [2.75, 3.05) is 32.8 Å². The molecule has 31 heavy (non-hydrogen) atoms. The summed E-state index contributed by atoms with van der Waals surface area (Å²) in [5.41, 5.74) is 0.923. The molecule has 3 aromatic rings. The van der Waals surface area contributed by atoms with Crippen molar-refractivity contribution < 1.29 is 31.3 Å². The highest BCUT2D eigenvalue weighted by Crippen LogP contribution is 2.58. The second-order valence-electron chi connectivity index (χ2n) is 9.05. The van der Waals surface area contributed by atoms with Gasteiger partial charge in [0.2, 0.25) is 0 Å². The van der Waals surface area contributed by atoms with E-state index in [0.29, 0.717) is 0 Å². The van der Waals surface area contributed by atoms with Crippen LogP contribution in [0.4, 0.5) is 0 Å². The molecule has 2 fully saturated rings. The molecule has 2 heterocycles. The molecule has 0 amide bonds. The van der Waals surface area contributed by atoms with Crippen LogP contribution in [-0.4, -0.2) is 42.4 Å². The zero-order chi connectivity index (χ0) is 20.5. The highest BCUT2D eigenvalue weighted by molar-refractivity contribution is 5.40. The third kappa shape index (κ3) is 3.82. The Balaban J connectivity index is 0.00000231. The van der Waals surface area contributed by atoms with E-state index < -0.39 is 5.60 Å². The topological polar surface area (TPSA) is 29.5 Å². The lowest BCUT2D eigenvalue weighted by Gasteiger charge is -2.42. The molecule has 162 valence electrons. The fraction of sp³-hybridized carbons (Fsp3) is 0.333. The number of para-hydroxylation sites is 1. The molecule has 5 rings (SSSR count). The van der Waals surface area contributed by atoms with Crippen molar-refractivity contribution >= 4 is 0 Å². The maximum absolute atomic E-state index is 12.4. The average Bonchev–Trinajstić information content (AvgIpc) is 3.38. The minimum atomic E-state index is -0.966. The van der Waals surface area contributed by atoms with Crippen LogP contribution < -0.4 is 21.7 Å². The highest BCUT2D eigenvalue weighted by Gasteiger charge is 2.65. The van der Waals surface area contributed by atoms with E-state index in [0.717, 1.165) is 67.0 Å². The minimum absolute atomic E-state index is 0. The summed E-state index contributed by atoms with van der Waals surface area (Å²) in [5, 5.41) is 12.4. The molecule has 0 atom stereocenters. The SMILES string of the molecule is OC(c1ccccc1)(c1ccccc1)C12CC[N+](CCOc3ccccc3)(CC1)C2.[Br-]. The van der Waals surface area contributed by atoms with Crippen molar-refractivity contribution in [3.8, 4) is 5.75 Å². The Morgan fingerprint density at radius 2 is 1.26 bits per heavy atom. The summed E-state index contributed by atoms with van der Waals surface area (Å²) < 4.78 is 7.07. The molecule has 1 N–H and O–H groups in total. The molecule has 0 unspecified atom stereocenters. The molecule has 2 bridgehead atoms. The van der Waals surface area contributed by atoms with Crippen molar-refractivity contribution in [2.45, 2.75) is 18.4 Å². The summed E-state index contributed by atoms with van der Waals surface area (Å²) in [4.78, 5) is 0. The first-order valence-corrected chi connectivity index (χ1v) is 11.0. The van der Waals surface area contributed by atoms with Crippen LogP contribution in [0.15, 0.2) is 91.0 Å². The number of nitrogens with zero attached hydrogens (tertiary/aromatic N) is 1. The molecule has 0 aliphatic carbocycles. The van der Waals surface area contributed by atoms with E-state index in [1.54, 1.807) is 0 Å². The molecule has 2 saturated heterocycles. The standard InChI is InChI=1S/C27H30NO2.BrH/c29-27(23-10-4-1-5-11-23,24-12-6-2-7-13-24)26-16-18-28(22-26,19-17-26)20-21-30-25-14-8-3-9-15-25;/h1-15,29H,16-22H2;1H/q+1;/p-1. The number of ether oxygens (including phenoxy) is 1. The van der Waals surface area contributed by atoms with E-state index >= 15 is 0 Å². The number of hydrogen-bond acceptors (Lipinski definition) is 2. The average molecular weight is 480 g/mol. The number of halogens is 1. The molecule has 4 heteroatoms. The van der Waals surface area contributed by atoms with E-state index in [4.69, 9.17) is 4.74 Å². The molecule has 3 aromatic carbocycles. The predicted molar refractivity (Wildman–Crippen MR) is 119 cm³/mol. The number of aliphatic hydroxyl groups is 1. The van der Waals surface area contributed by atoms with E-state index in [2.05, 4.69) is 24.3 Å². The first-order chi connectivity index (χ1) is 14.7. The molecule has 0 radical (unpaired) electrons. The van der Waals surface area contributed by atoms with Gasteiger partial charge in [0, 0.05) is 12.8 Å². The van der Waals surface area contributed by atoms with Gasteiger partial charge in [-0.1, -0.05) is 78.9 Å². The normalized spacial score (nSPS) is 24.5. The zero-order valence-corrected chi connectivity index (χ0v) is 19.4. The summed E-state index contributed by atoms with van der Waals surface area (Å²) in [6.45, 7) is 4.94. The number of piperidine rings is 1. The lowest BCUT2D eigenvalue weighted by Crippen LogP contribution is -3.00. The van der Waals surface area contributed by atoms with E-state index in [-0.39, 0.29) is 22.4 Å². The second-order valence-corrected chi connectivity index (χ2v) is 9.05. The number of rotatable bonds is 7. The second kappa shape index (κ2) is 8.78. The molecule has 2 aliphatic heterocycles. The molecular formula is C27H30BrNO2. The first kappa shape index (κ1) is 22.1. The van der Waals surface area contributed by atoms with E-state index in [9.17, 15) is 5.11 Å². The molecular weight excluding hydrogens is 450 g/mol. The van der Waals surface area contributed by atoms with Crippen molar-refractivity contribution in [3.63, 3.8) is 0 Å². The van der Waals surface area contributed by atoms with Gasteiger partial charge in [-0.3, -0.25) is 0 Å². The van der Waals surface area contributed by atoms with Gasteiger partial charge in [0.05, 0.1) is 25.0 Å². The van der Waals surface area contributed by atoms with Crippen LogP contribution in [0.1, 0.15) is 24.0 Å². The largest absolute Gasteiger partial charge is 1.00 e. The maximum atomic E-state index is 12.4. The van der Waals surface area contributed by atoms with Gasteiger partial charge < -0.3 is 31.3 Å². The molecule has 0 saturated carbocycles. The van der Waals surface area contributed by atoms with Gasteiger partial charge in [-0.05, 0) is 23.3 Å².